The first-order valence-corrected chi connectivity index (χ1v) is 6.29. The fourth-order valence-corrected chi connectivity index (χ4v) is 2.12. The molecule has 0 atom stereocenters. The summed E-state index contributed by atoms with van der Waals surface area (Å²) >= 11 is 3.45. The molecule has 17 heavy (non-hydrogen) atoms. The Labute approximate surface area is 109 Å². The molecule has 0 aliphatic rings. The third-order valence-electron chi connectivity index (χ3n) is 2.43. The van der Waals surface area contributed by atoms with E-state index < -0.39 is 0 Å². The number of hydrogen-bond acceptors (Lipinski definition) is 3. The molecule has 1 aromatic heterocycles. The fraction of sp³-hybridized carbons (Fsp3) is 0.333. The van der Waals surface area contributed by atoms with Crippen molar-refractivity contribution < 1.29 is 4.74 Å². The number of aromatic amines is 1. The molecule has 0 aliphatic carbocycles. The Morgan fingerprint density at radius 2 is 2.24 bits per heavy atom. The predicted octanol–water partition coefficient (Wildman–Crippen LogP) is 3.20. The summed E-state index contributed by atoms with van der Waals surface area (Å²) in [6.45, 7) is 2.12. The molecule has 0 unspecified atom stereocenters. The van der Waals surface area contributed by atoms with Crippen LogP contribution in [0.2, 0.25) is 0 Å². The minimum absolute atomic E-state index is 0.719. The molecule has 2 rings (SSSR count). The quantitative estimate of drug-likeness (QED) is 0.942. The predicted molar refractivity (Wildman–Crippen MR) is 70.1 cm³/mol. The number of H-pyrrole nitrogens is 1. The van der Waals surface area contributed by atoms with Crippen LogP contribution in [0, 0.1) is 0 Å². The number of hydrogen-bond donors (Lipinski definition) is 1. The average Bonchev–Trinajstić information content (AvgIpc) is 2.78. The summed E-state index contributed by atoms with van der Waals surface area (Å²) in [6, 6.07) is 5.80. The number of methoxy groups -OCH3 is 1. The van der Waals surface area contributed by atoms with E-state index in [0.717, 1.165) is 40.3 Å². The van der Waals surface area contributed by atoms with Crippen LogP contribution < -0.4 is 4.74 Å². The van der Waals surface area contributed by atoms with Gasteiger partial charge in [-0.2, -0.15) is 5.10 Å². The van der Waals surface area contributed by atoms with Crippen molar-refractivity contribution >= 4 is 15.9 Å². The van der Waals surface area contributed by atoms with E-state index in [1.54, 1.807) is 7.11 Å². The van der Waals surface area contributed by atoms with Gasteiger partial charge in [-0.25, -0.2) is 4.98 Å². The van der Waals surface area contributed by atoms with Crippen LogP contribution in [0.3, 0.4) is 0 Å². The second-order valence-corrected chi connectivity index (χ2v) is 4.56. The van der Waals surface area contributed by atoms with E-state index in [1.807, 2.05) is 18.2 Å². The lowest BCUT2D eigenvalue weighted by molar-refractivity contribution is 0.412. The largest absolute Gasteiger partial charge is 0.496 e. The highest BCUT2D eigenvalue weighted by atomic mass is 79.9. The third kappa shape index (κ3) is 2.66. The molecule has 1 aromatic carbocycles. The van der Waals surface area contributed by atoms with Crippen LogP contribution in [0.1, 0.15) is 19.2 Å². The number of halogens is 1. The van der Waals surface area contributed by atoms with Gasteiger partial charge in [0.05, 0.1) is 11.6 Å². The minimum Gasteiger partial charge on any atom is -0.496 e. The second-order valence-electron chi connectivity index (χ2n) is 3.71. The fourth-order valence-electron chi connectivity index (χ4n) is 1.58. The maximum absolute atomic E-state index is 5.18. The summed E-state index contributed by atoms with van der Waals surface area (Å²) in [4.78, 5) is 4.44. The molecule has 2 aromatic rings. The SMILES string of the molecule is CCCc1nc(-c2ccc(OC)c(Br)c2)n[nH]1. The highest BCUT2D eigenvalue weighted by Crippen LogP contribution is 2.29. The van der Waals surface area contributed by atoms with Crippen molar-refractivity contribution in [1.82, 2.24) is 15.2 Å². The molecule has 0 radical (unpaired) electrons. The van der Waals surface area contributed by atoms with Gasteiger partial charge in [0.2, 0.25) is 0 Å². The zero-order valence-electron chi connectivity index (χ0n) is 9.83. The smallest absolute Gasteiger partial charge is 0.181 e. The molecule has 5 heteroatoms. The van der Waals surface area contributed by atoms with Crippen molar-refractivity contribution in [2.24, 2.45) is 0 Å². The van der Waals surface area contributed by atoms with Crippen LogP contribution in [0.5, 0.6) is 5.75 Å². The van der Waals surface area contributed by atoms with Crippen molar-refractivity contribution in [2.75, 3.05) is 7.11 Å². The van der Waals surface area contributed by atoms with Crippen molar-refractivity contribution in [3.63, 3.8) is 0 Å². The Hall–Kier alpha value is -1.36. The third-order valence-corrected chi connectivity index (χ3v) is 3.05. The van der Waals surface area contributed by atoms with Crippen molar-refractivity contribution in [2.45, 2.75) is 19.8 Å². The van der Waals surface area contributed by atoms with Crippen LogP contribution in [0.4, 0.5) is 0 Å². The lowest BCUT2D eigenvalue weighted by atomic mass is 10.2. The maximum atomic E-state index is 5.18. The van der Waals surface area contributed by atoms with Gasteiger partial charge in [-0.3, -0.25) is 5.10 Å². The van der Waals surface area contributed by atoms with E-state index in [2.05, 4.69) is 38.0 Å². The van der Waals surface area contributed by atoms with E-state index in [-0.39, 0.29) is 0 Å². The summed E-state index contributed by atoms with van der Waals surface area (Å²) < 4.78 is 6.09. The molecule has 0 bridgehead atoms. The Morgan fingerprint density at radius 3 is 2.88 bits per heavy atom. The van der Waals surface area contributed by atoms with Gasteiger partial charge < -0.3 is 4.74 Å². The van der Waals surface area contributed by atoms with Crippen LogP contribution in [0.25, 0.3) is 11.4 Å². The number of ether oxygens (including phenoxy) is 1. The number of benzene rings is 1. The van der Waals surface area contributed by atoms with Gasteiger partial charge in [0.15, 0.2) is 5.82 Å². The second kappa shape index (κ2) is 5.31. The molecule has 0 amide bonds. The maximum Gasteiger partial charge on any atom is 0.181 e. The number of nitrogens with zero attached hydrogens (tertiary/aromatic N) is 2. The summed E-state index contributed by atoms with van der Waals surface area (Å²) in [6.07, 6.45) is 1.98. The summed E-state index contributed by atoms with van der Waals surface area (Å²) in [7, 11) is 1.64. The summed E-state index contributed by atoms with van der Waals surface area (Å²) in [5, 5.41) is 7.15. The Bertz CT molecular complexity index is 510. The highest BCUT2D eigenvalue weighted by Gasteiger charge is 2.08. The van der Waals surface area contributed by atoms with Gasteiger partial charge in [0.1, 0.15) is 11.6 Å². The monoisotopic (exact) mass is 295 g/mol. The van der Waals surface area contributed by atoms with Crippen LogP contribution in [-0.4, -0.2) is 22.3 Å². The van der Waals surface area contributed by atoms with Gasteiger partial charge in [-0.15, -0.1) is 0 Å². The molecule has 0 saturated carbocycles. The number of aryl methyl sites for hydroxylation is 1. The van der Waals surface area contributed by atoms with Gasteiger partial charge in [-0.05, 0) is 40.5 Å². The van der Waals surface area contributed by atoms with Crippen molar-refractivity contribution in [3.8, 4) is 17.1 Å². The van der Waals surface area contributed by atoms with Gasteiger partial charge in [-0.1, -0.05) is 6.92 Å². The normalized spacial score (nSPS) is 10.5. The molecular weight excluding hydrogens is 282 g/mol. The Morgan fingerprint density at radius 1 is 1.41 bits per heavy atom. The first kappa shape index (κ1) is 12.1. The molecule has 0 spiro atoms. The summed E-state index contributed by atoms with van der Waals surface area (Å²) in [5.41, 5.74) is 0.969. The molecule has 90 valence electrons. The van der Waals surface area contributed by atoms with E-state index in [0.29, 0.717) is 0 Å². The number of aromatic nitrogens is 3. The van der Waals surface area contributed by atoms with Crippen molar-refractivity contribution in [3.05, 3.63) is 28.5 Å². The van der Waals surface area contributed by atoms with Gasteiger partial charge >= 0.3 is 0 Å². The minimum atomic E-state index is 0.719. The molecule has 1 heterocycles. The van der Waals surface area contributed by atoms with E-state index in [1.165, 1.54) is 0 Å². The van der Waals surface area contributed by atoms with E-state index >= 15 is 0 Å². The molecule has 0 aliphatic heterocycles. The standard InChI is InChI=1S/C12H14BrN3O/c1-3-4-11-14-12(16-15-11)8-5-6-10(17-2)9(13)7-8/h5-7H,3-4H2,1-2H3,(H,14,15,16). The lowest BCUT2D eigenvalue weighted by Gasteiger charge is -2.03. The lowest BCUT2D eigenvalue weighted by Crippen LogP contribution is -1.87. The van der Waals surface area contributed by atoms with Crippen LogP contribution >= 0.6 is 15.9 Å². The van der Waals surface area contributed by atoms with Crippen LogP contribution in [0.15, 0.2) is 22.7 Å². The molecule has 0 fully saturated rings. The van der Waals surface area contributed by atoms with Gasteiger partial charge in [0, 0.05) is 12.0 Å². The highest BCUT2D eigenvalue weighted by molar-refractivity contribution is 9.10. The zero-order chi connectivity index (χ0) is 12.3. The molecule has 4 nitrogen and oxygen atoms in total. The molecule has 0 saturated heterocycles. The molecule has 1 N–H and O–H groups in total. The van der Waals surface area contributed by atoms with Crippen molar-refractivity contribution in [1.29, 1.82) is 0 Å². The Balaban J connectivity index is 2.29. The number of rotatable bonds is 4. The van der Waals surface area contributed by atoms with Crippen LogP contribution in [-0.2, 0) is 6.42 Å². The number of nitrogens with one attached hydrogen (secondary N) is 1. The summed E-state index contributed by atoms with van der Waals surface area (Å²) in [5.74, 6) is 2.45. The van der Waals surface area contributed by atoms with E-state index in [9.17, 15) is 0 Å². The topological polar surface area (TPSA) is 50.8 Å². The van der Waals surface area contributed by atoms with Gasteiger partial charge in [0.25, 0.3) is 0 Å². The Kier molecular flexibility index (Phi) is 3.78. The van der Waals surface area contributed by atoms with E-state index in [4.69, 9.17) is 4.74 Å². The first-order valence-electron chi connectivity index (χ1n) is 5.49. The first-order chi connectivity index (χ1) is 8.24. The zero-order valence-corrected chi connectivity index (χ0v) is 11.4. The molecular formula is C12H14BrN3O. The average molecular weight is 296 g/mol.